The Balaban J connectivity index is 1.35. The van der Waals surface area contributed by atoms with Gasteiger partial charge in [0, 0.05) is 18.8 Å². The SMILES string of the molecule is Cc1cccc(NC(=O)NCC(=O)N2CCC(CCc3ccccc3)CC2)c1. The maximum atomic E-state index is 12.4. The number of benzene rings is 2. The van der Waals surface area contributed by atoms with E-state index in [1.54, 1.807) is 0 Å². The van der Waals surface area contributed by atoms with Gasteiger partial charge < -0.3 is 15.5 Å². The van der Waals surface area contributed by atoms with E-state index in [0.717, 1.165) is 43.6 Å². The standard InChI is InChI=1S/C23H29N3O2/c1-18-6-5-9-21(16-18)25-23(28)24-17-22(27)26-14-12-20(13-15-26)11-10-19-7-3-2-4-8-19/h2-9,16,20H,10-15,17H2,1H3,(H2,24,25,28). The van der Waals surface area contributed by atoms with Gasteiger partial charge in [-0.25, -0.2) is 4.79 Å². The fourth-order valence-corrected chi connectivity index (χ4v) is 3.65. The molecule has 1 fully saturated rings. The highest BCUT2D eigenvalue weighted by Gasteiger charge is 2.22. The highest BCUT2D eigenvalue weighted by atomic mass is 16.2. The monoisotopic (exact) mass is 379 g/mol. The maximum Gasteiger partial charge on any atom is 0.319 e. The van der Waals surface area contributed by atoms with Gasteiger partial charge in [0.05, 0.1) is 6.54 Å². The highest BCUT2D eigenvalue weighted by Crippen LogP contribution is 2.22. The van der Waals surface area contributed by atoms with Crippen LogP contribution in [0, 0.1) is 12.8 Å². The summed E-state index contributed by atoms with van der Waals surface area (Å²) in [5.41, 5.74) is 3.18. The van der Waals surface area contributed by atoms with E-state index in [-0.39, 0.29) is 18.5 Å². The van der Waals surface area contributed by atoms with E-state index >= 15 is 0 Å². The van der Waals surface area contributed by atoms with Crippen molar-refractivity contribution in [3.05, 3.63) is 65.7 Å². The fraction of sp³-hybridized carbons (Fsp3) is 0.391. The molecule has 0 radical (unpaired) electrons. The molecule has 5 heteroatoms. The molecule has 0 saturated carbocycles. The zero-order valence-corrected chi connectivity index (χ0v) is 16.5. The molecular formula is C23H29N3O2. The number of carbonyl (C=O) groups excluding carboxylic acids is 2. The zero-order valence-electron chi connectivity index (χ0n) is 16.5. The molecule has 1 aliphatic heterocycles. The minimum atomic E-state index is -0.350. The van der Waals surface area contributed by atoms with Crippen molar-refractivity contribution in [2.45, 2.75) is 32.6 Å². The van der Waals surface area contributed by atoms with Gasteiger partial charge in [0.2, 0.25) is 5.91 Å². The molecule has 2 N–H and O–H groups in total. The Morgan fingerprint density at radius 3 is 2.50 bits per heavy atom. The topological polar surface area (TPSA) is 61.4 Å². The van der Waals surface area contributed by atoms with Gasteiger partial charge in [0.15, 0.2) is 0 Å². The minimum absolute atomic E-state index is 0.0131. The number of likely N-dealkylation sites (tertiary alicyclic amines) is 1. The summed E-state index contributed by atoms with van der Waals surface area (Å²) in [4.78, 5) is 26.2. The Bertz CT molecular complexity index is 783. The van der Waals surface area contributed by atoms with Crippen LogP contribution < -0.4 is 10.6 Å². The third-order valence-electron chi connectivity index (χ3n) is 5.33. The number of anilines is 1. The molecule has 5 nitrogen and oxygen atoms in total. The number of hydrogen-bond acceptors (Lipinski definition) is 2. The molecule has 0 atom stereocenters. The lowest BCUT2D eigenvalue weighted by atomic mass is 9.90. The third kappa shape index (κ3) is 6.12. The first-order valence-electron chi connectivity index (χ1n) is 10.0. The van der Waals surface area contributed by atoms with Crippen LogP contribution in [0.25, 0.3) is 0 Å². The molecule has 3 rings (SSSR count). The summed E-state index contributed by atoms with van der Waals surface area (Å²) in [6.07, 6.45) is 4.34. The summed E-state index contributed by atoms with van der Waals surface area (Å²) in [5, 5.41) is 5.42. The molecule has 0 spiro atoms. The number of rotatable bonds is 6. The van der Waals surface area contributed by atoms with Gasteiger partial charge in [-0.05, 0) is 61.8 Å². The van der Waals surface area contributed by atoms with Gasteiger partial charge in [0.25, 0.3) is 0 Å². The highest BCUT2D eigenvalue weighted by molar-refractivity contribution is 5.92. The molecule has 0 aromatic heterocycles. The van der Waals surface area contributed by atoms with Gasteiger partial charge in [0.1, 0.15) is 0 Å². The number of piperidine rings is 1. The van der Waals surface area contributed by atoms with Crippen molar-refractivity contribution in [2.75, 3.05) is 25.0 Å². The summed E-state index contributed by atoms with van der Waals surface area (Å²) >= 11 is 0. The van der Waals surface area contributed by atoms with E-state index in [0.29, 0.717) is 5.92 Å². The Hall–Kier alpha value is -2.82. The van der Waals surface area contributed by atoms with Crippen LogP contribution in [0.2, 0.25) is 0 Å². The van der Waals surface area contributed by atoms with Gasteiger partial charge in [-0.15, -0.1) is 0 Å². The van der Waals surface area contributed by atoms with E-state index in [1.807, 2.05) is 42.2 Å². The minimum Gasteiger partial charge on any atom is -0.341 e. The van der Waals surface area contributed by atoms with E-state index in [9.17, 15) is 9.59 Å². The van der Waals surface area contributed by atoms with Crippen molar-refractivity contribution in [2.24, 2.45) is 5.92 Å². The van der Waals surface area contributed by atoms with Crippen LogP contribution in [0.3, 0.4) is 0 Å². The molecule has 0 unspecified atom stereocenters. The number of amides is 3. The Morgan fingerprint density at radius 2 is 1.79 bits per heavy atom. The average molecular weight is 380 g/mol. The fourth-order valence-electron chi connectivity index (χ4n) is 3.65. The van der Waals surface area contributed by atoms with Crippen LogP contribution in [0.1, 0.15) is 30.4 Å². The molecule has 1 saturated heterocycles. The normalized spacial score (nSPS) is 14.5. The van der Waals surface area contributed by atoms with Gasteiger partial charge in [-0.2, -0.15) is 0 Å². The molecule has 3 amide bonds. The summed E-state index contributed by atoms with van der Waals surface area (Å²) in [6.45, 7) is 3.56. The quantitative estimate of drug-likeness (QED) is 0.797. The van der Waals surface area contributed by atoms with Gasteiger partial charge >= 0.3 is 6.03 Å². The van der Waals surface area contributed by atoms with E-state index in [4.69, 9.17) is 0 Å². The first-order chi connectivity index (χ1) is 13.6. The number of urea groups is 1. The predicted molar refractivity (Wildman–Crippen MR) is 112 cm³/mol. The molecule has 0 bridgehead atoms. The predicted octanol–water partition coefficient (Wildman–Crippen LogP) is 3.99. The van der Waals surface area contributed by atoms with Crippen molar-refractivity contribution in [3.63, 3.8) is 0 Å². The smallest absolute Gasteiger partial charge is 0.319 e. The molecule has 2 aromatic carbocycles. The second-order valence-electron chi connectivity index (χ2n) is 7.53. The lowest BCUT2D eigenvalue weighted by Gasteiger charge is -2.32. The zero-order chi connectivity index (χ0) is 19.8. The summed E-state index contributed by atoms with van der Waals surface area (Å²) in [5.74, 6) is 0.655. The molecule has 1 heterocycles. The first kappa shape index (κ1) is 19.9. The molecule has 0 aliphatic carbocycles. The number of hydrogen-bond donors (Lipinski definition) is 2. The van der Waals surface area contributed by atoms with Gasteiger partial charge in [-0.3, -0.25) is 4.79 Å². The van der Waals surface area contributed by atoms with Crippen molar-refractivity contribution >= 4 is 17.6 Å². The second-order valence-corrected chi connectivity index (χ2v) is 7.53. The largest absolute Gasteiger partial charge is 0.341 e. The first-order valence-corrected chi connectivity index (χ1v) is 10.0. The number of nitrogens with one attached hydrogen (secondary N) is 2. The number of nitrogens with zero attached hydrogens (tertiary/aromatic N) is 1. The summed E-state index contributed by atoms with van der Waals surface area (Å²) < 4.78 is 0. The van der Waals surface area contributed by atoms with Crippen LogP contribution in [-0.2, 0) is 11.2 Å². The van der Waals surface area contributed by atoms with Crippen molar-refractivity contribution in [1.82, 2.24) is 10.2 Å². The second kappa shape index (κ2) is 9.93. The Kier molecular flexibility index (Phi) is 7.06. The van der Waals surface area contributed by atoms with E-state index in [2.05, 4.69) is 34.9 Å². The van der Waals surface area contributed by atoms with Crippen LogP contribution in [-0.4, -0.2) is 36.5 Å². The number of carbonyl (C=O) groups is 2. The molecule has 148 valence electrons. The van der Waals surface area contributed by atoms with Crippen LogP contribution in [0.15, 0.2) is 54.6 Å². The lowest BCUT2D eigenvalue weighted by molar-refractivity contribution is -0.131. The van der Waals surface area contributed by atoms with Crippen LogP contribution >= 0.6 is 0 Å². The van der Waals surface area contributed by atoms with E-state index in [1.165, 1.54) is 12.0 Å². The molecule has 1 aliphatic rings. The van der Waals surface area contributed by atoms with Crippen molar-refractivity contribution in [3.8, 4) is 0 Å². The third-order valence-corrected chi connectivity index (χ3v) is 5.33. The lowest BCUT2D eigenvalue weighted by Crippen LogP contribution is -2.44. The van der Waals surface area contributed by atoms with E-state index < -0.39 is 0 Å². The average Bonchev–Trinajstić information content (AvgIpc) is 2.72. The molecular weight excluding hydrogens is 350 g/mol. The van der Waals surface area contributed by atoms with Crippen molar-refractivity contribution in [1.29, 1.82) is 0 Å². The maximum absolute atomic E-state index is 12.4. The molecule has 28 heavy (non-hydrogen) atoms. The van der Waals surface area contributed by atoms with Crippen LogP contribution in [0.4, 0.5) is 10.5 Å². The number of aryl methyl sites for hydroxylation is 2. The summed E-state index contributed by atoms with van der Waals surface area (Å²) in [7, 11) is 0. The van der Waals surface area contributed by atoms with Crippen LogP contribution in [0.5, 0.6) is 0 Å². The molecule has 2 aromatic rings. The Morgan fingerprint density at radius 1 is 1.04 bits per heavy atom. The summed E-state index contributed by atoms with van der Waals surface area (Å²) in [6, 6.07) is 17.8. The van der Waals surface area contributed by atoms with Gasteiger partial charge in [-0.1, -0.05) is 42.5 Å². The Labute approximate surface area is 167 Å². The van der Waals surface area contributed by atoms with Crippen molar-refractivity contribution < 1.29 is 9.59 Å².